The van der Waals surface area contributed by atoms with Crippen LogP contribution in [0.25, 0.3) is 0 Å². The Morgan fingerprint density at radius 3 is 1.72 bits per heavy atom. The largest absolute Gasteiger partial charge is 0.494 e. The van der Waals surface area contributed by atoms with Gasteiger partial charge in [-0.25, -0.2) is 4.39 Å². The number of ether oxygens (including phenoxy) is 7. The number of rotatable bonds is 19. The fourth-order valence-electron chi connectivity index (χ4n) is 7.41. The standard InChI is InChI=1S/C49H52F2N2O8/c1-33(2)53-34(3)40(27-39-25-26-41(55-4)44(51)43(39)50)48(52-53)61-49(54)47(59-31-38-23-15-8-16-24-38)46(58-30-37-21-13-7-14-22-37)45(57-29-36-19-11-6-12-20-36)42(60-49)32-56-28-35-17-9-5-10-18-35/h5-26,33,42,45-47,54H,27-32H2,1-4H3/t42-,45-,46+,47-,49+/m1/s1. The van der Waals surface area contributed by atoms with Crippen molar-refractivity contribution in [2.75, 3.05) is 13.7 Å². The number of halogens is 2. The molecular weight excluding hydrogens is 783 g/mol. The van der Waals surface area contributed by atoms with Crippen LogP contribution in [0.2, 0.25) is 0 Å². The molecule has 7 rings (SSSR count). The van der Waals surface area contributed by atoms with E-state index in [1.54, 1.807) is 4.68 Å². The number of methoxy groups -OCH3 is 1. The van der Waals surface area contributed by atoms with Crippen molar-refractivity contribution in [1.29, 1.82) is 0 Å². The molecule has 1 N–H and O–H groups in total. The Balaban J connectivity index is 1.31. The zero-order valence-electron chi connectivity index (χ0n) is 34.8. The maximum atomic E-state index is 15.6. The van der Waals surface area contributed by atoms with Crippen LogP contribution in [0.1, 0.15) is 59.0 Å². The minimum atomic E-state index is -2.59. The van der Waals surface area contributed by atoms with Crippen LogP contribution in [0.3, 0.4) is 0 Å². The second-order valence-corrected chi connectivity index (χ2v) is 15.3. The predicted octanol–water partition coefficient (Wildman–Crippen LogP) is 9.05. The Kier molecular flexibility index (Phi) is 14.6. The first-order valence-corrected chi connectivity index (χ1v) is 20.4. The SMILES string of the molecule is COc1ccc(Cc2c(O[C@@]3(O)O[C@H](COCc4ccccc4)[C@@H](OCc4ccccc4)[C@H](OCc4ccccc4)[C@H]3OCc3ccccc3)nn(C(C)C)c2C)c(F)c1F. The molecule has 0 amide bonds. The number of aliphatic hydroxyl groups is 1. The summed E-state index contributed by atoms with van der Waals surface area (Å²) in [7, 11) is 1.27. The summed E-state index contributed by atoms with van der Waals surface area (Å²) < 4.78 is 77.1. The second kappa shape index (κ2) is 20.4. The fourth-order valence-corrected chi connectivity index (χ4v) is 7.41. The van der Waals surface area contributed by atoms with Crippen LogP contribution in [-0.4, -0.2) is 59.0 Å². The number of aromatic nitrogens is 2. The van der Waals surface area contributed by atoms with Gasteiger partial charge in [0, 0.05) is 23.7 Å². The summed E-state index contributed by atoms with van der Waals surface area (Å²) >= 11 is 0. The molecule has 1 aliphatic rings. The van der Waals surface area contributed by atoms with E-state index in [9.17, 15) is 5.11 Å². The molecule has 5 atom stereocenters. The van der Waals surface area contributed by atoms with Crippen molar-refractivity contribution < 1.29 is 47.0 Å². The Bertz CT molecular complexity index is 2280. The number of nitrogens with zero attached hydrogens (tertiary/aromatic N) is 2. The van der Waals surface area contributed by atoms with E-state index in [2.05, 4.69) is 0 Å². The summed E-state index contributed by atoms with van der Waals surface area (Å²) in [6.45, 7) is 6.23. The predicted molar refractivity (Wildman–Crippen MR) is 225 cm³/mol. The molecule has 0 spiro atoms. The summed E-state index contributed by atoms with van der Waals surface area (Å²) in [4.78, 5) is 0. The molecule has 0 saturated carbocycles. The lowest BCUT2D eigenvalue weighted by atomic mass is 9.96. The van der Waals surface area contributed by atoms with Gasteiger partial charge in [-0.2, -0.15) is 4.39 Å². The molecule has 1 saturated heterocycles. The molecule has 0 aliphatic carbocycles. The maximum Gasteiger partial charge on any atom is 0.356 e. The van der Waals surface area contributed by atoms with Crippen LogP contribution < -0.4 is 9.47 Å². The third-order valence-electron chi connectivity index (χ3n) is 10.6. The normalized spacial score (nSPS) is 20.2. The van der Waals surface area contributed by atoms with E-state index in [-0.39, 0.29) is 62.7 Å². The molecule has 6 aromatic rings. The molecule has 320 valence electrons. The van der Waals surface area contributed by atoms with Crippen LogP contribution in [0.15, 0.2) is 133 Å². The van der Waals surface area contributed by atoms with Gasteiger partial charge in [0.15, 0.2) is 17.7 Å². The molecule has 61 heavy (non-hydrogen) atoms. The molecule has 1 aromatic heterocycles. The lowest BCUT2D eigenvalue weighted by molar-refractivity contribution is -0.436. The zero-order valence-corrected chi connectivity index (χ0v) is 34.8. The third kappa shape index (κ3) is 10.7. The summed E-state index contributed by atoms with van der Waals surface area (Å²) in [6.07, 6.45) is -4.38. The van der Waals surface area contributed by atoms with Crippen molar-refractivity contribution >= 4 is 0 Å². The number of benzene rings is 5. The minimum Gasteiger partial charge on any atom is -0.494 e. The van der Waals surface area contributed by atoms with E-state index in [4.69, 9.17) is 38.3 Å². The van der Waals surface area contributed by atoms with Gasteiger partial charge in [-0.05, 0) is 54.7 Å². The monoisotopic (exact) mass is 834 g/mol. The first-order valence-electron chi connectivity index (χ1n) is 20.4. The van der Waals surface area contributed by atoms with Gasteiger partial charge in [0.2, 0.25) is 11.7 Å². The molecule has 10 nitrogen and oxygen atoms in total. The average molecular weight is 835 g/mol. The highest BCUT2D eigenvalue weighted by molar-refractivity contribution is 5.40. The van der Waals surface area contributed by atoms with E-state index in [0.717, 1.165) is 22.3 Å². The summed E-state index contributed by atoms with van der Waals surface area (Å²) in [5, 5.41) is 17.8. The molecule has 12 heteroatoms. The Hall–Kier alpha value is -5.47. The van der Waals surface area contributed by atoms with Gasteiger partial charge in [-0.15, -0.1) is 5.10 Å². The van der Waals surface area contributed by atoms with E-state index in [1.807, 2.05) is 142 Å². The molecule has 5 aromatic carbocycles. The van der Waals surface area contributed by atoms with Crippen LogP contribution in [0, 0.1) is 18.6 Å². The fraction of sp³-hybridized carbons (Fsp3) is 0.327. The Morgan fingerprint density at radius 1 is 0.689 bits per heavy atom. The lowest BCUT2D eigenvalue weighted by Gasteiger charge is -2.49. The maximum absolute atomic E-state index is 15.6. The molecule has 1 aliphatic heterocycles. The van der Waals surface area contributed by atoms with Crippen molar-refractivity contribution in [2.45, 2.75) is 90.1 Å². The van der Waals surface area contributed by atoms with Crippen molar-refractivity contribution in [2.24, 2.45) is 0 Å². The minimum absolute atomic E-state index is 0.0358. The van der Waals surface area contributed by atoms with Gasteiger partial charge in [0.1, 0.15) is 18.3 Å². The van der Waals surface area contributed by atoms with E-state index in [1.165, 1.54) is 19.2 Å². The Labute approximate surface area is 355 Å². The van der Waals surface area contributed by atoms with Crippen molar-refractivity contribution in [1.82, 2.24) is 9.78 Å². The third-order valence-corrected chi connectivity index (χ3v) is 10.6. The second-order valence-electron chi connectivity index (χ2n) is 15.3. The van der Waals surface area contributed by atoms with Gasteiger partial charge in [0.05, 0.1) is 40.1 Å². The highest BCUT2D eigenvalue weighted by Crippen LogP contribution is 2.39. The zero-order chi connectivity index (χ0) is 42.8. The van der Waals surface area contributed by atoms with Crippen molar-refractivity contribution in [3.8, 4) is 11.6 Å². The number of hydrogen-bond acceptors (Lipinski definition) is 9. The molecule has 0 radical (unpaired) electrons. The Morgan fingerprint density at radius 2 is 1.20 bits per heavy atom. The molecule has 2 heterocycles. The van der Waals surface area contributed by atoms with Gasteiger partial charge in [-0.3, -0.25) is 4.68 Å². The smallest absolute Gasteiger partial charge is 0.356 e. The highest BCUT2D eigenvalue weighted by Gasteiger charge is 2.59. The van der Waals surface area contributed by atoms with E-state index >= 15 is 8.78 Å². The lowest BCUT2D eigenvalue weighted by Crippen LogP contribution is -2.69. The molecule has 1 fully saturated rings. The van der Waals surface area contributed by atoms with E-state index < -0.39 is 42.0 Å². The highest BCUT2D eigenvalue weighted by atomic mass is 19.2. The van der Waals surface area contributed by atoms with E-state index in [0.29, 0.717) is 11.3 Å². The van der Waals surface area contributed by atoms with Gasteiger partial charge in [-0.1, -0.05) is 127 Å². The van der Waals surface area contributed by atoms with Crippen molar-refractivity contribution in [3.05, 3.63) is 184 Å². The number of hydrogen-bond donors (Lipinski definition) is 1. The first-order chi connectivity index (χ1) is 29.6. The average Bonchev–Trinajstić information content (AvgIpc) is 3.58. The molecule has 0 bridgehead atoms. The quantitative estimate of drug-likeness (QED) is 0.0802. The first kappa shape index (κ1) is 43.6. The van der Waals surface area contributed by atoms with Gasteiger partial charge < -0.3 is 38.3 Å². The molecular formula is C49H52F2N2O8. The van der Waals surface area contributed by atoms with Crippen LogP contribution >= 0.6 is 0 Å². The van der Waals surface area contributed by atoms with Crippen molar-refractivity contribution in [3.63, 3.8) is 0 Å². The topological polar surface area (TPSA) is 103 Å². The summed E-state index contributed by atoms with van der Waals surface area (Å²) in [5.41, 5.74) is 4.60. The van der Waals surface area contributed by atoms with Crippen LogP contribution in [0.5, 0.6) is 11.6 Å². The molecule has 0 unspecified atom stereocenters. The van der Waals surface area contributed by atoms with Gasteiger partial charge >= 0.3 is 5.97 Å². The summed E-state index contributed by atoms with van der Waals surface area (Å²) in [6, 6.07) is 41.2. The van der Waals surface area contributed by atoms with Gasteiger partial charge in [0.25, 0.3) is 0 Å². The summed E-state index contributed by atoms with van der Waals surface area (Å²) in [5.74, 6) is -5.06. The van der Waals surface area contributed by atoms with Crippen LogP contribution in [-0.2, 0) is 56.5 Å². The van der Waals surface area contributed by atoms with Crippen LogP contribution in [0.4, 0.5) is 8.78 Å².